The Labute approximate surface area is 164 Å². The number of ether oxygens (including phenoxy) is 1. The summed E-state index contributed by atoms with van der Waals surface area (Å²) in [6.07, 6.45) is 3.22. The summed E-state index contributed by atoms with van der Waals surface area (Å²) in [6.45, 7) is 0.541. The molecule has 0 atom stereocenters. The second-order valence-electron chi connectivity index (χ2n) is 6.46. The van der Waals surface area contributed by atoms with Crippen molar-refractivity contribution in [2.24, 2.45) is 0 Å². The number of anilines is 1. The summed E-state index contributed by atoms with van der Waals surface area (Å²) in [5.41, 5.74) is 2.27. The van der Waals surface area contributed by atoms with E-state index in [1.807, 2.05) is 24.3 Å². The third-order valence-electron chi connectivity index (χ3n) is 4.79. The number of benzene rings is 2. The van der Waals surface area contributed by atoms with Gasteiger partial charge in [0.05, 0.1) is 30.0 Å². The maximum Gasteiger partial charge on any atom is 0.261 e. The number of amides is 1. The molecule has 4 rings (SSSR count). The maximum atomic E-state index is 13.0. The molecule has 0 saturated carbocycles. The van der Waals surface area contributed by atoms with Crippen LogP contribution in [0.3, 0.4) is 0 Å². The zero-order chi connectivity index (χ0) is 19.0. The fraction of sp³-hybridized carbons (Fsp3) is 0.250. The second kappa shape index (κ2) is 7.15. The molecule has 2 heterocycles. The van der Waals surface area contributed by atoms with Gasteiger partial charge in [-0.25, -0.2) is 4.98 Å². The van der Waals surface area contributed by atoms with Gasteiger partial charge in [0.1, 0.15) is 12.3 Å². The van der Waals surface area contributed by atoms with Crippen LogP contribution in [0.5, 0.6) is 5.75 Å². The number of nitrogens with zero attached hydrogens (tertiary/aromatic N) is 3. The van der Waals surface area contributed by atoms with Gasteiger partial charge in [0.25, 0.3) is 5.56 Å². The molecular weight excluding hydrogens is 410 g/mol. The first kappa shape index (κ1) is 17.7. The van der Waals surface area contributed by atoms with Crippen molar-refractivity contribution in [3.05, 3.63) is 63.1 Å². The smallest absolute Gasteiger partial charge is 0.261 e. The summed E-state index contributed by atoms with van der Waals surface area (Å²) in [4.78, 5) is 31.8. The summed E-state index contributed by atoms with van der Waals surface area (Å²) in [7, 11) is 1.60. The lowest BCUT2D eigenvalue weighted by Gasteiger charge is -2.31. The van der Waals surface area contributed by atoms with E-state index in [9.17, 15) is 9.59 Å². The van der Waals surface area contributed by atoms with Gasteiger partial charge in [-0.15, -0.1) is 0 Å². The predicted molar refractivity (Wildman–Crippen MR) is 107 cm³/mol. The average molecular weight is 428 g/mol. The number of rotatable bonds is 3. The number of halogens is 1. The number of carbonyl (C=O) groups is 1. The van der Waals surface area contributed by atoms with Crippen molar-refractivity contribution in [3.63, 3.8) is 0 Å². The minimum Gasteiger partial charge on any atom is -0.495 e. The van der Waals surface area contributed by atoms with Gasteiger partial charge in [0, 0.05) is 11.0 Å². The number of methoxy groups -OCH3 is 1. The van der Waals surface area contributed by atoms with Gasteiger partial charge in [0.2, 0.25) is 5.91 Å². The van der Waals surface area contributed by atoms with Crippen molar-refractivity contribution >= 4 is 38.4 Å². The van der Waals surface area contributed by atoms with E-state index < -0.39 is 0 Å². The van der Waals surface area contributed by atoms with Crippen LogP contribution >= 0.6 is 15.9 Å². The number of carbonyl (C=O) groups excluding carboxylic acids is 1. The molecule has 3 aromatic rings. The molecule has 27 heavy (non-hydrogen) atoms. The van der Waals surface area contributed by atoms with Gasteiger partial charge in [-0.05, 0) is 42.7 Å². The molecule has 1 aliphatic rings. The Balaban J connectivity index is 1.69. The number of fused-ring (bicyclic) bond motifs is 2. The van der Waals surface area contributed by atoms with Crippen molar-refractivity contribution < 1.29 is 9.53 Å². The topological polar surface area (TPSA) is 64.4 Å². The van der Waals surface area contributed by atoms with E-state index in [-0.39, 0.29) is 18.0 Å². The van der Waals surface area contributed by atoms with Crippen LogP contribution < -0.4 is 15.2 Å². The van der Waals surface area contributed by atoms with Crippen molar-refractivity contribution in [2.75, 3.05) is 18.6 Å². The van der Waals surface area contributed by atoms with Gasteiger partial charge < -0.3 is 9.64 Å². The summed E-state index contributed by atoms with van der Waals surface area (Å²) in [5.74, 6) is 0.521. The normalized spacial score (nSPS) is 13.5. The van der Waals surface area contributed by atoms with Gasteiger partial charge in [-0.2, -0.15) is 0 Å². The predicted octanol–water partition coefficient (Wildman–Crippen LogP) is 3.15. The molecule has 6 nitrogen and oxygen atoms in total. The molecule has 0 saturated heterocycles. The van der Waals surface area contributed by atoms with E-state index in [2.05, 4.69) is 20.9 Å². The Hall–Kier alpha value is -2.67. The lowest BCUT2D eigenvalue weighted by molar-refractivity contribution is -0.119. The summed E-state index contributed by atoms with van der Waals surface area (Å²) in [6, 6.07) is 11.1. The molecule has 7 heteroatoms. The van der Waals surface area contributed by atoms with Gasteiger partial charge in [-0.3, -0.25) is 14.2 Å². The molecule has 1 amide bonds. The van der Waals surface area contributed by atoms with Crippen molar-refractivity contribution in [3.8, 4) is 5.75 Å². The van der Waals surface area contributed by atoms with Crippen molar-refractivity contribution in [2.45, 2.75) is 19.4 Å². The highest BCUT2D eigenvalue weighted by Gasteiger charge is 2.26. The molecule has 0 fully saturated rings. The van der Waals surface area contributed by atoms with Crippen LogP contribution in [0.2, 0.25) is 0 Å². The van der Waals surface area contributed by atoms with Crippen LogP contribution in [0.15, 0.2) is 52.0 Å². The first-order valence-corrected chi connectivity index (χ1v) is 9.49. The Bertz CT molecular complexity index is 1080. The molecule has 0 bridgehead atoms. The Morgan fingerprint density at radius 1 is 1.30 bits per heavy atom. The SMILES string of the molecule is COc1cccc2c1N(C(=O)Cn1cnc3ccc(Br)cc3c1=O)CCC2. The molecule has 0 N–H and O–H groups in total. The highest BCUT2D eigenvalue weighted by Crippen LogP contribution is 2.36. The quantitative estimate of drug-likeness (QED) is 0.643. The molecule has 1 aliphatic heterocycles. The van der Waals surface area contributed by atoms with Gasteiger partial charge in [-0.1, -0.05) is 28.1 Å². The molecule has 2 aromatic carbocycles. The minimum atomic E-state index is -0.230. The van der Waals surface area contributed by atoms with E-state index in [1.165, 1.54) is 10.9 Å². The maximum absolute atomic E-state index is 13.0. The van der Waals surface area contributed by atoms with E-state index in [1.54, 1.807) is 24.1 Å². The first-order valence-electron chi connectivity index (χ1n) is 8.69. The van der Waals surface area contributed by atoms with Gasteiger partial charge in [0.15, 0.2) is 0 Å². The highest BCUT2D eigenvalue weighted by atomic mass is 79.9. The molecule has 138 valence electrons. The largest absolute Gasteiger partial charge is 0.495 e. The third-order valence-corrected chi connectivity index (χ3v) is 5.29. The van der Waals surface area contributed by atoms with Crippen LogP contribution in [0.4, 0.5) is 5.69 Å². The molecule has 0 spiro atoms. The first-order chi connectivity index (χ1) is 13.1. The van der Waals surface area contributed by atoms with E-state index in [4.69, 9.17) is 4.74 Å². The summed E-state index contributed by atoms with van der Waals surface area (Å²) < 4.78 is 7.62. The molecule has 1 aromatic heterocycles. The average Bonchev–Trinajstić information content (AvgIpc) is 2.69. The molecular formula is C20H18BrN3O3. The van der Waals surface area contributed by atoms with Crippen LogP contribution in [0, 0.1) is 0 Å². The van der Waals surface area contributed by atoms with Crippen molar-refractivity contribution in [1.29, 1.82) is 0 Å². The molecule has 0 aliphatic carbocycles. The number of para-hydroxylation sites is 1. The monoisotopic (exact) mass is 427 g/mol. The van der Waals surface area contributed by atoms with Crippen molar-refractivity contribution in [1.82, 2.24) is 9.55 Å². The number of aromatic nitrogens is 2. The van der Waals surface area contributed by atoms with E-state index >= 15 is 0 Å². The third kappa shape index (κ3) is 3.23. The fourth-order valence-corrected chi connectivity index (χ4v) is 3.87. The molecule has 0 radical (unpaired) electrons. The van der Waals surface area contributed by atoms with Crippen LogP contribution in [0.1, 0.15) is 12.0 Å². The number of hydrogen-bond acceptors (Lipinski definition) is 4. The summed E-state index contributed by atoms with van der Waals surface area (Å²) >= 11 is 3.37. The number of hydrogen-bond donors (Lipinski definition) is 0. The zero-order valence-corrected chi connectivity index (χ0v) is 16.4. The van der Waals surface area contributed by atoms with E-state index in [0.29, 0.717) is 23.2 Å². The fourth-order valence-electron chi connectivity index (χ4n) is 3.50. The van der Waals surface area contributed by atoms with Crippen LogP contribution in [0.25, 0.3) is 10.9 Å². The lowest BCUT2D eigenvalue weighted by Crippen LogP contribution is -2.39. The Morgan fingerprint density at radius 3 is 2.96 bits per heavy atom. The standard InChI is InChI=1S/C20H18BrN3O3/c1-27-17-6-2-4-13-5-3-9-24(19(13)17)18(25)11-23-12-22-16-8-7-14(21)10-15(16)20(23)26/h2,4,6-8,10,12H,3,5,9,11H2,1H3. The zero-order valence-electron chi connectivity index (χ0n) is 14.8. The van der Waals surface area contributed by atoms with E-state index in [0.717, 1.165) is 28.6 Å². The summed E-state index contributed by atoms with van der Waals surface area (Å²) in [5, 5.41) is 0.483. The minimum absolute atomic E-state index is 0.0637. The number of aryl methyl sites for hydroxylation is 1. The second-order valence-corrected chi connectivity index (χ2v) is 7.37. The molecule has 0 unspecified atom stereocenters. The Kier molecular flexibility index (Phi) is 4.70. The Morgan fingerprint density at radius 2 is 2.15 bits per heavy atom. The van der Waals surface area contributed by atoms with Crippen LogP contribution in [-0.2, 0) is 17.8 Å². The van der Waals surface area contributed by atoms with Gasteiger partial charge >= 0.3 is 0 Å². The van der Waals surface area contributed by atoms with Crippen LogP contribution in [-0.4, -0.2) is 29.1 Å². The lowest BCUT2D eigenvalue weighted by atomic mass is 10.0. The highest BCUT2D eigenvalue weighted by molar-refractivity contribution is 9.10.